The van der Waals surface area contributed by atoms with Crippen molar-refractivity contribution in [2.75, 3.05) is 19.8 Å². The van der Waals surface area contributed by atoms with Gasteiger partial charge in [-0.2, -0.15) is 18.3 Å². The summed E-state index contributed by atoms with van der Waals surface area (Å²) in [4.78, 5) is 20.4. The van der Waals surface area contributed by atoms with Crippen LogP contribution in [0.4, 0.5) is 13.2 Å². The van der Waals surface area contributed by atoms with Crippen LogP contribution < -0.4 is 10.1 Å². The molecule has 3 heterocycles. The molecule has 0 radical (unpaired) electrons. The molecule has 0 aliphatic carbocycles. The maximum absolute atomic E-state index is 12.4. The second-order valence-electron chi connectivity index (χ2n) is 6.65. The summed E-state index contributed by atoms with van der Waals surface area (Å²) >= 11 is 0. The fourth-order valence-electron chi connectivity index (χ4n) is 2.86. The number of aromatic nitrogens is 4. The second-order valence-corrected chi connectivity index (χ2v) is 6.65. The number of aliphatic hydroxyl groups is 1. The number of carbonyl (C=O) groups is 1. The maximum atomic E-state index is 12.4. The number of rotatable bonds is 7. The first kappa shape index (κ1) is 21.5. The summed E-state index contributed by atoms with van der Waals surface area (Å²) in [5.41, 5.74) is 1.91. The van der Waals surface area contributed by atoms with Gasteiger partial charge >= 0.3 is 6.18 Å². The summed E-state index contributed by atoms with van der Waals surface area (Å²) in [5.74, 6) is -0.508. The Bertz CT molecular complexity index is 1050. The molecule has 2 N–H and O–H groups in total. The third-order valence-electron chi connectivity index (χ3n) is 4.37. The van der Waals surface area contributed by atoms with E-state index in [-0.39, 0.29) is 30.8 Å². The summed E-state index contributed by atoms with van der Waals surface area (Å²) in [6.07, 6.45) is 0.133. The lowest BCUT2D eigenvalue weighted by molar-refractivity contribution is -0.154. The van der Waals surface area contributed by atoms with Crippen LogP contribution in [0.5, 0.6) is 5.88 Å². The van der Waals surface area contributed by atoms with Crippen molar-refractivity contribution in [3.05, 3.63) is 47.5 Å². The molecule has 3 rings (SSSR count). The molecule has 11 heteroatoms. The van der Waals surface area contributed by atoms with E-state index in [9.17, 15) is 18.0 Å². The summed E-state index contributed by atoms with van der Waals surface area (Å²) < 4.78 is 43.4. The first-order valence-electron chi connectivity index (χ1n) is 9.08. The quantitative estimate of drug-likeness (QED) is 0.605. The number of hydrogen-bond donors (Lipinski definition) is 2. The van der Waals surface area contributed by atoms with Gasteiger partial charge in [0.05, 0.1) is 23.6 Å². The minimum atomic E-state index is -4.44. The van der Waals surface area contributed by atoms with Gasteiger partial charge in [-0.1, -0.05) is 0 Å². The van der Waals surface area contributed by atoms with E-state index in [0.29, 0.717) is 22.0 Å². The van der Waals surface area contributed by atoms with Gasteiger partial charge in [-0.25, -0.2) is 4.98 Å². The van der Waals surface area contributed by atoms with E-state index >= 15 is 0 Å². The Balaban J connectivity index is 1.85. The molecule has 0 aromatic carbocycles. The smallest absolute Gasteiger partial charge is 0.422 e. The van der Waals surface area contributed by atoms with Crippen molar-refractivity contribution >= 4 is 16.8 Å². The molecule has 0 aliphatic heterocycles. The molecule has 1 unspecified atom stereocenters. The van der Waals surface area contributed by atoms with E-state index in [4.69, 9.17) is 9.84 Å². The van der Waals surface area contributed by atoms with Crippen LogP contribution in [0.3, 0.4) is 0 Å². The minimum absolute atomic E-state index is 0.0825. The molecule has 0 aliphatic rings. The fourth-order valence-corrected chi connectivity index (χ4v) is 2.86. The molecule has 1 amide bonds. The van der Waals surface area contributed by atoms with E-state index in [1.165, 1.54) is 12.4 Å². The van der Waals surface area contributed by atoms with Gasteiger partial charge in [-0.05, 0) is 31.5 Å². The van der Waals surface area contributed by atoms with Crippen molar-refractivity contribution < 1.29 is 27.8 Å². The van der Waals surface area contributed by atoms with Gasteiger partial charge in [-0.15, -0.1) is 0 Å². The molecule has 30 heavy (non-hydrogen) atoms. The minimum Gasteiger partial charge on any atom is -0.468 e. The Kier molecular flexibility index (Phi) is 6.20. The van der Waals surface area contributed by atoms with Crippen LogP contribution in [-0.2, 0) is 0 Å². The predicted octanol–water partition coefficient (Wildman–Crippen LogP) is 2.41. The zero-order valence-electron chi connectivity index (χ0n) is 16.3. The standard InChI is InChI=1S/C19H20F3N5O3/c1-11-7-13(8-25-18(11)30-10-19(20,21)22)12(2)27-9-14-15(26-27)3-4-23-16(14)17(29)24-5-6-28/h3-4,7-9,12,28H,5-6,10H2,1-2H3,(H,24,29). The Labute approximate surface area is 169 Å². The van der Waals surface area contributed by atoms with Gasteiger partial charge in [0.25, 0.3) is 5.91 Å². The van der Waals surface area contributed by atoms with E-state index in [1.807, 2.05) is 6.92 Å². The first-order valence-corrected chi connectivity index (χ1v) is 9.08. The number of amides is 1. The van der Waals surface area contributed by atoms with Crippen molar-refractivity contribution in [1.82, 2.24) is 25.1 Å². The number of nitrogens with zero attached hydrogens (tertiary/aromatic N) is 4. The average molecular weight is 423 g/mol. The lowest BCUT2D eigenvalue weighted by Gasteiger charge is -2.15. The van der Waals surface area contributed by atoms with Crippen LogP contribution in [0.2, 0.25) is 0 Å². The van der Waals surface area contributed by atoms with Crippen LogP contribution in [0.25, 0.3) is 10.9 Å². The summed E-state index contributed by atoms with van der Waals surface area (Å²) in [5, 5.41) is 16.4. The summed E-state index contributed by atoms with van der Waals surface area (Å²) in [6.45, 7) is 1.97. The lowest BCUT2D eigenvalue weighted by atomic mass is 10.1. The highest BCUT2D eigenvalue weighted by atomic mass is 19.4. The molecular formula is C19H20F3N5O3. The SMILES string of the molecule is Cc1cc(C(C)n2cc3c(C(=O)NCCO)nccc3n2)cnc1OCC(F)(F)F. The van der Waals surface area contributed by atoms with E-state index in [1.54, 1.807) is 29.9 Å². The number of fused-ring (bicyclic) bond motifs is 1. The van der Waals surface area contributed by atoms with Crippen LogP contribution >= 0.6 is 0 Å². The number of hydrogen-bond acceptors (Lipinski definition) is 6. The van der Waals surface area contributed by atoms with Crippen molar-refractivity contribution in [1.29, 1.82) is 0 Å². The molecular weight excluding hydrogens is 403 g/mol. The number of alkyl halides is 3. The van der Waals surface area contributed by atoms with Crippen molar-refractivity contribution in [3.63, 3.8) is 0 Å². The second kappa shape index (κ2) is 8.66. The highest BCUT2D eigenvalue weighted by Gasteiger charge is 2.29. The normalized spacial score (nSPS) is 12.7. The molecule has 0 bridgehead atoms. The fraction of sp³-hybridized carbons (Fsp3) is 0.368. The third kappa shape index (κ3) is 4.85. The topological polar surface area (TPSA) is 102 Å². The molecule has 0 saturated carbocycles. The highest BCUT2D eigenvalue weighted by molar-refractivity contribution is 6.04. The molecule has 3 aromatic heterocycles. The van der Waals surface area contributed by atoms with Gasteiger partial charge < -0.3 is 15.2 Å². The highest BCUT2D eigenvalue weighted by Crippen LogP contribution is 2.26. The van der Waals surface area contributed by atoms with Crippen LogP contribution in [0.15, 0.2) is 30.7 Å². The van der Waals surface area contributed by atoms with Gasteiger partial charge in [-0.3, -0.25) is 14.5 Å². The largest absolute Gasteiger partial charge is 0.468 e. The van der Waals surface area contributed by atoms with Crippen LogP contribution in [0, 0.1) is 6.92 Å². The van der Waals surface area contributed by atoms with Crippen LogP contribution in [-0.4, -0.2) is 56.7 Å². The van der Waals surface area contributed by atoms with Gasteiger partial charge in [0, 0.05) is 30.7 Å². The van der Waals surface area contributed by atoms with Crippen LogP contribution in [0.1, 0.15) is 34.6 Å². The number of halogens is 3. The number of aliphatic hydroxyl groups excluding tert-OH is 1. The van der Waals surface area contributed by atoms with Crippen molar-refractivity contribution in [2.45, 2.75) is 26.1 Å². The summed E-state index contributed by atoms with van der Waals surface area (Å²) in [6, 6.07) is 3.04. The molecule has 8 nitrogen and oxygen atoms in total. The van der Waals surface area contributed by atoms with Gasteiger partial charge in [0.1, 0.15) is 5.69 Å². The monoisotopic (exact) mass is 423 g/mol. The molecule has 160 valence electrons. The molecule has 0 spiro atoms. The number of aryl methyl sites for hydroxylation is 1. The average Bonchev–Trinajstić information content (AvgIpc) is 3.14. The number of pyridine rings is 2. The Hall–Kier alpha value is -3.21. The lowest BCUT2D eigenvalue weighted by Crippen LogP contribution is -2.27. The molecule has 1 atom stereocenters. The molecule has 0 saturated heterocycles. The Morgan fingerprint density at radius 3 is 2.80 bits per heavy atom. The first-order chi connectivity index (χ1) is 14.2. The zero-order chi connectivity index (χ0) is 21.9. The predicted molar refractivity (Wildman–Crippen MR) is 101 cm³/mol. The number of nitrogens with one attached hydrogen (secondary N) is 1. The maximum Gasteiger partial charge on any atom is 0.422 e. The number of ether oxygens (including phenoxy) is 1. The van der Waals surface area contributed by atoms with E-state index in [2.05, 4.69) is 20.4 Å². The third-order valence-corrected chi connectivity index (χ3v) is 4.37. The van der Waals surface area contributed by atoms with Crippen molar-refractivity contribution in [3.8, 4) is 5.88 Å². The summed E-state index contributed by atoms with van der Waals surface area (Å²) in [7, 11) is 0. The zero-order valence-corrected chi connectivity index (χ0v) is 16.3. The number of carbonyl (C=O) groups excluding carboxylic acids is 1. The van der Waals surface area contributed by atoms with Gasteiger partial charge in [0.2, 0.25) is 5.88 Å². The Morgan fingerprint density at radius 1 is 1.37 bits per heavy atom. The van der Waals surface area contributed by atoms with E-state index < -0.39 is 18.7 Å². The molecule has 0 fully saturated rings. The van der Waals surface area contributed by atoms with Gasteiger partial charge in [0.15, 0.2) is 6.61 Å². The Morgan fingerprint density at radius 2 is 2.13 bits per heavy atom. The van der Waals surface area contributed by atoms with E-state index in [0.717, 1.165) is 0 Å². The van der Waals surface area contributed by atoms with Crippen molar-refractivity contribution in [2.24, 2.45) is 0 Å². The molecule has 3 aromatic rings.